The van der Waals surface area contributed by atoms with Crippen LogP contribution in [0.1, 0.15) is 36.7 Å². The molecule has 5 heterocycles. The lowest BCUT2D eigenvalue weighted by Gasteiger charge is -2.43. The fourth-order valence-corrected chi connectivity index (χ4v) is 6.22. The maximum atomic E-state index is 14.5. The van der Waals surface area contributed by atoms with E-state index in [4.69, 9.17) is 11.6 Å². The molecule has 1 N–H and O–H groups in total. The van der Waals surface area contributed by atoms with Crippen molar-refractivity contribution in [1.29, 1.82) is 0 Å². The van der Waals surface area contributed by atoms with Gasteiger partial charge in [0.1, 0.15) is 22.9 Å². The molecule has 8 nitrogen and oxygen atoms in total. The van der Waals surface area contributed by atoms with Gasteiger partial charge in [0.05, 0.1) is 23.0 Å². The number of aromatic nitrogens is 7. The Kier molecular flexibility index (Phi) is 5.97. The number of rotatable bonds is 6. The number of nitrogens with one attached hydrogen (secondary N) is 1. The molecule has 5 aromatic rings. The van der Waals surface area contributed by atoms with Crippen LogP contribution >= 0.6 is 11.6 Å². The third kappa shape index (κ3) is 4.21. The van der Waals surface area contributed by atoms with Gasteiger partial charge >= 0.3 is 6.18 Å². The molecule has 2 aliphatic rings. The summed E-state index contributed by atoms with van der Waals surface area (Å²) < 4.78 is 49.0. The zero-order chi connectivity index (χ0) is 28.4. The number of aryl methyl sites for hydroxylation is 1. The first-order valence-corrected chi connectivity index (χ1v) is 13.8. The number of pyridine rings is 1. The largest absolute Gasteiger partial charge is 0.401 e. The average molecular weight is 579 g/mol. The molecular weight excluding hydrogens is 553 g/mol. The van der Waals surface area contributed by atoms with E-state index in [1.807, 2.05) is 66.3 Å². The first-order valence-electron chi connectivity index (χ1n) is 13.4. The highest BCUT2D eigenvalue weighted by Crippen LogP contribution is 2.55. The predicted molar refractivity (Wildman–Crippen MR) is 149 cm³/mol. The molecule has 0 amide bonds. The van der Waals surface area contributed by atoms with Crippen molar-refractivity contribution >= 4 is 23.2 Å². The van der Waals surface area contributed by atoms with E-state index in [-0.39, 0.29) is 24.7 Å². The first kappa shape index (κ1) is 25.8. The summed E-state index contributed by atoms with van der Waals surface area (Å²) in [5.74, 6) is 1.81. The summed E-state index contributed by atoms with van der Waals surface area (Å²) in [6.07, 6.45) is 1.95. The third-order valence-electron chi connectivity index (χ3n) is 8.33. The molecule has 1 atom stereocenters. The lowest BCUT2D eigenvalue weighted by molar-refractivity contribution is -0.216. The zero-order valence-electron chi connectivity index (χ0n) is 22.1. The second-order valence-corrected chi connectivity index (χ2v) is 11.2. The number of hydrogen-bond donors (Lipinski definition) is 1. The Morgan fingerprint density at radius 1 is 1.10 bits per heavy atom. The number of hydrogen-bond acceptors (Lipinski definition) is 5. The number of alkyl halides is 3. The van der Waals surface area contributed by atoms with Gasteiger partial charge < -0.3 is 14.5 Å². The molecular formula is C29H26ClF3N8. The van der Waals surface area contributed by atoms with Gasteiger partial charge in [0.2, 0.25) is 0 Å². The Labute approximate surface area is 238 Å². The molecule has 7 rings (SSSR count). The molecule has 0 spiro atoms. The third-order valence-corrected chi connectivity index (χ3v) is 8.63. The summed E-state index contributed by atoms with van der Waals surface area (Å²) in [6, 6.07) is 15.1. The molecule has 0 unspecified atom stereocenters. The summed E-state index contributed by atoms with van der Waals surface area (Å²) in [4.78, 5) is 4.40. The standard InChI is InChI=1S/C29H26ClF3N8/c1-39-25(8-11-35-39)36-24-14-21(22(30)15-34-24)19-13-23-26-37-38-27(28(9-5-10-28)29(31,32)33)41(26)20(17-40(23)16-19)12-18-6-3-2-4-7-18/h2-4,6-8,11,13-16,20H,5,9-10,12,17H2,1H3,(H,34,36)/t20-/m0/s1. The van der Waals surface area contributed by atoms with Crippen molar-refractivity contribution in [3.63, 3.8) is 0 Å². The molecule has 0 radical (unpaired) electrons. The van der Waals surface area contributed by atoms with Crippen molar-refractivity contribution in [2.75, 3.05) is 5.32 Å². The highest BCUT2D eigenvalue weighted by atomic mass is 35.5. The number of nitrogens with zero attached hydrogens (tertiary/aromatic N) is 7. The lowest BCUT2D eigenvalue weighted by atomic mass is 9.67. The van der Waals surface area contributed by atoms with Crippen LogP contribution in [0.5, 0.6) is 0 Å². The van der Waals surface area contributed by atoms with Crippen molar-refractivity contribution in [2.45, 2.75) is 49.9 Å². The Bertz CT molecular complexity index is 1730. The SMILES string of the molecule is Cn1nccc1Nc1cc(-c2cc3n(c2)C[C@H](Cc2ccccc2)n2c-3nnc2C2(C(F)(F)F)CCC2)c(Cl)cn1. The first-order chi connectivity index (χ1) is 19.7. The highest BCUT2D eigenvalue weighted by molar-refractivity contribution is 6.33. The molecule has 1 aliphatic heterocycles. The van der Waals surface area contributed by atoms with Gasteiger partial charge in [-0.05, 0) is 37.0 Å². The van der Waals surface area contributed by atoms with Crippen LogP contribution in [-0.2, 0) is 25.4 Å². The minimum absolute atomic E-state index is 0.0192. The minimum atomic E-state index is -4.40. The number of benzene rings is 1. The van der Waals surface area contributed by atoms with E-state index in [0.717, 1.165) is 22.5 Å². The van der Waals surface area contributed by atoms with Crippen LogP contribution in [0.2, 0.25) is 5.02 Å². The fraction of sp³-hybridized carbons (Fsp3) is 0.310. The Balaban J connectivity index is 1.32. The molecule has 1 saturated carbocycles. The zero-order valence-corrected chi connectivity index (χ0v) is 22.9. The van der Waals surface area contributed by atoms with Gasteiger partial charge in [-0.25, -0.2) is 4.98 Å². The number of anilines is 2. The van der Waals surface area contributed by atoms with Gasteiger partial charge in [-0.1, -0.05) is 48.4 Å². The Morgan fingerprint density at radius 3 is 2.59 bits per heavy atom. The Morgan fingerprint density at radius 2 is 1.90 bits per heavy atom. The normalized spacial score (nSPS) is 17.5. The van der Waals surface area contributed by atoms with E-state index in [2.05, 4.69) is 25.6 Å². The van der Waals surface area contributed by atoms with Crippen LogP contribution in [0.15, 0.2) is 67.1 Å². The highest BCUT2D eigenvalue weighted by Gasteiger charge is 2.62. The van der Waals surface area contributed by atoms with Gasteiger partial charge in [0.25, 0.3) is 0 Å². The van der Waals surface area contributed by atoms with Crippen LogP contribution in [0.4, 0.5) is 24.8 Å². The van der Waals surface area contributed by atoms with Gasteiger partial charge in [-0.2, -0.15) is 18.3 Å². The molecule has 0 bridgehead atoms. The van der Waals surface area contributed by atoms with Crippen molar-refractivity contribution in [3.8, 4) is 22.6 Å². The van der Waals surface area contributed by atoms with Crippen molar-refractivity contribution in [3.05, 3.63) is 83.5 Å². The summed E-state index contributed by atoms with van der Waals surface area (Å²) in [5.41, 5.74) is 1.33. The van der Waals surface area contributed by atoms with Crippen LogP contribution in [-0.4, -0.2) is 40.3 Å². The van der Waals surface area contributed by atoms with E-state index >= 15 is 0 Å². The lowest BCUT2D eigenvalue weighted by Crippen LogP contribution is -2.50. The topological polar surface area (TPSA) is 78.4 Å². The van der Waals surface area contributed by atoms with Gasteiger partial charge in [0.15, 0.2) is 5.82 Å². The second-order valence-electron chi connectivity index (χ2n) is 10.8. The maximum absolute atomic E-state index is 14.5. The maximum Gasteiger partial charge on any atom is 0.401 e. The van der Waals surface area contributed by atoms with Crippen LogP contribution in [0.3, 0.4) is 0 Å². The molecule has 1 aromatic carbocycles. The van der Waals surface area contributed by atoms with Gasteiger partial charge in [0, 0.05) is 43.2 Å². The van der Waals surface area contributed by atoms with Gasteiger partial charge in [-0.15, -0.1) is 10.2 Å². The monoisotopic (exact) mass is 578 g/mol. The summed E-state index contributed by atoms with van der Waals surface area (Å²) in [6.45, 7) is 0.471. The average Bonchev–Trinajstić information content (AvgIpc) is 3.63. The van der Waals surface area contributed by atoms with Gasteiger partial charge in [-0.3, -0.25) is 4.68 Å². The van der Waals surface area contributed by atoms with Crippen LogP contribution in [0, 0.1) is 0 Å². The number of fused-ring (bicyclic) bond motifs is 3. The number of halogens is 4. The van der Waals surface area contributed by atoms with Crippen molar-refractivity contribution in [1.82, 2.24) is 34.1 Å². The van der Waals surface area contributed by atoms with E-state index in [1.54, 1.807) is 21.6 Å². The summed E-state index contributed by atoms with van der Waals surface area (Å²) in [7, 11) is 1.82. The molecule has 1 aliphatic carbocycles. The smallest absolute Gasteiger partial charge is 0.342 e. The molecule has 4 aromatic heterocycles. The molecule has 1 fully saturated rings. The van der Waals surface area contributed by atoms with E-state index in [9.17, 15) is 13.2 Å². The van der Waals surface area contributed by atoms with E-state index in [0.29, 0.717) is 41.7 Å². The quantitative estimate of drug-likeness (QED) is 0.242. The molecule has 41 heavy (non-hydrogen) atoms. The van der Waals surface area contributed by atoms with E-state index in [1.165, 1.54) is 0 Å². The molecule has 12 heteroatoms. The minimum Gasteiger partial charge on any atom is -0.342 e. The molecule has 0 saturated heterocycles. The van der Waals surface area contributed by atoms with Crippen LogP contribution < -0.4 is 5.32 Å². The summed E-state index contributed by atoms with van der Waals surface area (Å²) in [5, 5.41) is 16.5. The van der Waals surface area contributed by atoms with Crippen molar-refractivity contribution < 1.29 is 13.2 Å². The second kappa shape index (κ2) is 9.47. The fourth-order valence-electron chi connectivity index (χ4n) is 6.01. The molecule has 210 valence electrons. The van der Waals surface area contributed by atoms with E-state index < -0.39 is 11.6 Å². The summed E-state index contributed by atoms with van der Waals surface area (Å²) >= 11 is 6.61. The predicted octanol–water partition coefficient (Wildman–Crippen LogP) is 6.72. The van der Waals surface area contributed by atoms with Crippen LogP contribution in [0.25, 0.3) is 22.6 Å². The van der Waals surface area contributed by atoms with Crippen molar-refractivity contribution in [2.24, 2.45) is 7.05 Å². The Hall–Kier alpha value is -4.12.